The number of benzene rings is 1. The third-order valence-corrected chi connectivity index (χ3v) is 5.94. The summed E-state index contributed by atoms with van der Waals surface area (Å²) in [5, 5.41) is 2.06. The fraction of sp³-hybridized carbons (Fsp3) is 0.381. The molecule has 146 valence electrons. The Kier molecular flexibility index (Phi) is 5.43. The number of ether oxygens (including phenoxy) is 1. The molecule has 2 aromatic heterocycles. The second-order valence-corrected chi connectivity index (χ2v) is 7.85. The molecule has 0 N–H and O–H groups in total. The number of piperidine rings is 1. The van der Waals surface area contributed by atoms with Gasteiger partial charge in [0.25, 0.3) is 5.91 Å². The maximum Gasteiger partial charge on any atom is 0.257 e. The summed E-state index contributed by atoms with van der Waals surface area (Å²) in [6.07, 6.45) is 5.84. The van der Waals surface area contributed by atoms with Crippen molar-refractivity contribution in [3.05, 3.63) is 64.1 Å². The molecule has 7 heteroatoms. The van der Waals surface area contributed by atoms with Gasteiger partial charge < -0.3 is 14.2 Å². The average Bonchev–Trinajstić information content (AvgIpc) is 3.40. The first-order valence-corrected chi connectivity index (χ1v) is 10.4. The second-order valence-electron chi connectivity index (χ2n) is 7.14. The third kappa shape index (κ3) is 3.67. The Hall–Kier alpha value is -2.67. The SMILES string of the molecule is COc1cccc(C)c1C(=O)N1CCCC(c2nccn2Cc2cscn2)C1. The summed E-state index contributed by atoms with van der Waals surface area (Å²) in [6.45, 7) is 4.11. The van der Waals surface area contributed by atoms with E-state index in [0.29, 0.717) is 17.9 Å². The zero-order valence-electron chi connectivity index (χ0n) is 16.2. The van der Waals surface area contributed by atoms with Crippen LogP contribution in [0.25, 0.3) is 0 Å². The lowest BCUT2D eigenvalue weighted by molar-refractivity contribution is 0.0699. The summed E-state index contributed by atoms with van der Waals surface area (Å²) in [7, 11) is 1.61. The van der Waals surface area contributed by atoms with Crippen molar-refractivity contribution in [3.63, 3.8) is 0 Å². The standard InChI is InChI=1S/C21H24N4O2S/c1-15-5-3-7-18(27-2)19(15)21(26)25-9-4-6-16(11-25)20-22-8-10-24(20)12-17-13-28-14-23-17/h3,5,7-8,10,13-14,16H,4,6,9,11-12H2,1-2H3. The number of amides is 1. The number of carbonyl (C=O) groups is 1. The molecule has 1 aromatic carbocycles. The van der Waals surface area contributed by atoms with Crippen LogP contribution in [0, 0.1) is 6.92 Å². The predicted molar refractivity (Wildman–Crippen MR) is 109 cm³/mol. The smallest absolute Gasteiger partial charge is 0.257 e. The molecule has 1 atom stereocenters. The molecule has 1 amide bonds. The number of hydrogen-bond donors (Lipinski definition) is 0. The van der Waals surface area contributed by atoms with Crippen LogP contribution in [0.1, 0.15) is 46.2 Å². The molecular weight excluding hydrogens is 372 g/mol. The lowest BCUT2D eigenvalue weighted by Crippen LogP contribution is -2.40. The van der Waals surface area contributed by atoms with E-state index < -0.39 is 0 Å². The van der Waals surface area contributed by atoms with Gasteiger partial charge in [-0.15, -0.1) is 11.3 Å². The Morgan fingerprint density at radius 1 is 1.36 bits per heavy atom. The summed E-state index contributed by atoms with van der Waals surface area (Å²) in [4.78, 5) is 24.2. The van der Waals surface area contributed by atoms with Gasteiger partial charge in [0.15, 0.2) is 0 Å². The number of carbonyl (C=O) groups excluding carboxylic acids is 1. The number of aryl methyl sites for hydroxylation is 1. The molecule has 28 heavy (non-hydrogen) atoms. The number of likely N-dealkylation sites (tertiary alicyclic amines) is 1. The van der Waals surface area contributed by atoms with Crippen molar-refractivity contribution >= 4 is 17.2 Å². The van der Waals surface area contributed by atoms with Crippen LogP contribution in [0.4, 0.5) is 0 Å². The number of nitrogens with zero attached hydrogens (tertiary/aromatic N) is 4. The first-order chi connectivity index (χ1) is 13.7. The first kappa shape index (κ1) is 18.7. The fourth-order valence-electron chi connectivity index (χ4n) is 3.92. The molecule has 3 aromatic rings. The van der Waals surface area contributed by atoms with Gasteiger partial charge in [-0.2, -0.15) is 0 Å². The Morgan fingerprint density at radius 3 is 3.04 bits per heavy atom. The number of methoxy groups -OCH3 is 1. The van der Waals surface area contributed by atoms with Crippen molar-refractivity contribution in [3.8, 4) is 5.75 Å². The van der Waals surface area contributed by atoms with Gasteiger partial charge >= 0.3 is 0 Å². The fourth-order valence-corrected chi connectivity index (χ4v) is 4.47. The van der Waals surface area contributed by atoms with Crippen molar-refractivity contribution in [2.45, 2.75) is 32.2 Å². The van der Waals surface area contributed by atoms with Gasteiger partial charge in [-0.1, -0.05) is 12.1 Å². The second kappa shape index (κ2) is 8.14. The summed E-state index contributed by atoms with van der Waals surface area (Å²) >= 11 is 1.60. The van der Waals surface area contributed by atoms with Crippen molar-refractivity contribution in [1.82, 2.24) is 19.4 Å². The summed E-state index contributed by atoms with van der Waals surface area (Å²) < 4.78 is 7.60. The number of aromatic nitrogens is 3. The van der Waals surface area contributed by atoms with Crippen molar-refractivity contribution in [2.24, 2.45) is 0 Å². The van der Waals surface area contributed by atoms with Crippen molar-refractivity contribution in [1.29, 1.82) is 0 Å². The maximum atomic E-state index is 13.3. The molecule has 1 aliphatic heterocycles. The van der Waals surface area contributed by atoms with Crippen LogP contribution in [-0.4, -0.2) is 45.5 Å². The van der Waals surface area contributed by atoms with Gasteiger partial charge in [0.05, 0.1) is 30.4 Å². The van der Waals surface area contributed by atoms with Crippen LogP contribution >= 0.6 is 11.3 Å². The van der Waals surface area contributed by atoms with E-state index in [1.165, 1.54) is 0 Å². The Balaban J connectivity index is 1.55. The first-order valence-electron chi connectivity index (χ1n) is 9.48. The maximum absolute atomic E-state index is 13.3. The molecule has 1 aliphatic rings. The quantitative estimate of drug-likeness (QED) is 0.659. The highest BCUT2D eigenvalue weighted by atomic mass is 32.1. The van der Waals surface area contributed by atoms with Gasteiger partial charge in [0.2, 0.25) is 0 Å². The molecule has 0 spiro atoms. The van der Waals surface area contributed by atoms with E-state index in [9.17, 15) is 4.79 Å². The molecule has 0 radical (unpaired) electrons. The Labute approximate surface area is 168 Å². The Morgan fingerprint density at radius 2 is 2.25 bits per heavy atom. The molecular formula is C21H24N4O2S. The number of imidazole rings is 1. The van der Waals surface area contributed by atoms with Crippen LogP contribution in [0.15, 0.2) is 41.5 Å². The van der Waals surface area contributed by atoms with E-state index in [2.05, 4.69) is 19.9 Å². The number of rotatable bonds is 5. The predicted octanol–water partition coefficient (Wildman–Crippen LogP) is 3.72. The number of hydrogen-bond acceptors (Lipinski definition) is 5. The minimum atomic E-state index is 0.0391. The van der Waals surface area contributed by atoms with Gasteiger partial charge in [0.1, 0.15) is 11.6 Å². The van der Waals surface area contributed by atoms with Crippen LogP contribution < -0.4 is 4.74 Å². The summed E-state index contributed by atoms with van der Waals surface area (Å²) in [5.74, 6) is 1.93. The highest BCUT2D eigenvalue weighted by Gasteiger charge is 2.30. The van der Waals surface area contributed by atoms with Crippen LogP contribution in [-0.2, 0) is 6.54 Å². The zero-order chi connectivity index (χ0) is 19.5. The molecule has 1 unspecified atom stereocenters. The molecule has 6 nitrogen and oxygen atoms in total. The van der Waals surface area contributed by atoms with Crippen LogP contribution in [0.3, 0.4) is 0 Å². The molecule has 0 bridgehead atoms. The van der Waals surface area contributed by atoms with Gasteiger partial charge in [-0.25, -0.2) is 9.97 Å². The molecule has 1 saturated heterocycles. The lowest BCUT2D eigenvalue weighted by Gasteiger charge is -2.33. The highest BCUT2D eigenvalue weighted by molar-refractivity contribution is 7.07. The molecule has 1 fully saturated rings. The van der Waals surface area contributed by atoms with E-state index in [1.807, 2.05) is 47.9 Å². The van der Waals surface area contributed by atoms with Gasteiger partial charge in [0, 0.05) is 36.8 Å². The van der Waals surface area contributed by atoms with Crippen LogP contribution in [0.2, 0.25) is 0 Å². The number of thiazole rings is 1. The van der Waals surface area contributed by atoms with Gasteiger partial charge in [-0.3, -0.25) is 4.79 Å². The highest BCUT2D eigenvalue weighted by Crippen LogP contribution is 2.30. The van der Waals surface area contributed by atoms with E-state index in [1.54, 1.807) is 18.4 Å². The van der Waals surface area contributed by atoms with E-state index in [0.717, 1.165) is 43.0 Å². The molecule has 3 heterocycles. The minimum Gasteiger partial charge on any atom is -0.496 e. The normalized spacial score (nSPS) is 16.9. The minimum absolute atomic E-state index is 0.0391. The zero-order valence-corrected chi connectivity index (χ0v) is 17.0. The van der Waals surface area contributed by atoms with E-state index in [-0.39, 0.29) is 11.8 Å². The molecule has 0 aliphatic carbocycles. The summed E-state index contributed by atoms with van der Waals surface area (Å²) in [5.41, 5.74) is 4.49. The third-order valence-electron chi connectivity index (χ3n) is 5.31. The summed E-state index contributed by atoms with van der Waals surface area (Å²) in [6, 6.07) is 5.72. The Bertz CT molecular complexity index is 951. The van der Waals surface area contributed by atoms with Crippen molar-refractivity contribution < 1.29 is 9.53 Å². The van der Waals surface area contributed by atoms with Gasteiger partial charge in [-0.05, 0) is 31.4 Å². The lowest BCUT2D eigenvalue weighted by atomic mass is 9.95. The topological polar surface area (TPSA) is 60.2 Å². The molecule has 4 rings (SSSR count). The van der Waals surface area contributed by atoms with E-state index in [4.69, 9.17) is 4.74 Å². The monoisotopic (exact) mass is 396 g/mol. The van der Waals surface area contributed by atoms with Crippen molar-refractivity contribution in [2.75, 3.05) is 20.2 Å². The molecule has 0 saturated carbocycles. The van der Waals surface area contributed by atoms with Crippen LogP contribution in [0.5, 0.6) is 5.75 Å². The average molecular weight is 397 g/mol. The largest absolute Gasteiger partial charge is 0.496 e. The van der Waals surface area contributed by atoms with E-state index >= 15 is 0 Å².